The zero-order valence-electron chi connectivity index (χ0n) is 11.6. The van der Waals surface area contributed by atoms with Gasteiger partial charge in [0.05, 0.1) is 0 Å². The highest BCUT2D eigenvalue weighted by atomic mass is 79.9. The van der Waals surface area contributed by atoms with E-state index in [1.54, 1.807) is 6.07 Å². The molecule has 0 saturated carbocycles. The van der Waals surface area contributed by atoms with Crippen LogP contribution in [0.3, 0.4) is 0 Å². The van der Waals surface area contributed by atoms with Crippen molar-refractivity contribution in [3.8, 4) is 0 Å². The molecule has 0 radical (unpaired) electrons. The molecule has 0 bridgehead atoms. The third-order valence-corrected chi connectivity index (χ3v) is 4.51. The second-order valence-corrected chi connectivity index (χ2v) is 6.11. The van der Waals surface area contributed by atoms with Crippen molar-refractivity contribution in [2.75, 3.05) is 26.7 Å². The van der Waals surface area contributed by atoms with Crippen LogP contribution in [0.4, 0.5) is 4.39 Å². The van der Waals surface area contributed by atoms with Gasteiger partial charge in [-0.1, -0.05) is 28.9 Å². The first kappa shape index (κ1) is 14.9. The number of hydrogen-bond donors (Lipinski definition) is 1. The second-order valence-electron chi connectivity index (χ2n) is 5.20. The molecule has 0 aromatic heterocycles. The number of nitrogens with zero attached hydrogens (tertiary/aromatic N) is 1. The Balaban J connectivity index is 2.33. The highest BCUT2D eigenvalue weighted by Crippen LogP contribution is 2.37. The third-order valence-electron chi connectivity index (χ3n) is 4.01. The lowest BCUT2D eigenvalue weighted by Gasteiger charge is -2.41. The molecule has 1 saturated heterocycles. The summed E-state index contributed by atoms with van der Waals surface area (Å²) in [6.07, 6.45) is 2.37. The molecule has 0 spiro atoms. The fourth-order valence-electron chi connectivity index (χ4n) is 3.17. The van der Waals surface area contributed by atoms with Crippen LogP contribution in [0.1, 0.15) is 31.4 Å². The van der Waals surface area contributed by atoms with Crippen LogP contribution in [0.2, 0.25) is 0 Å². The molecule has 1 aliphatic rings. The summed E-state index contributed by atoms with van der Waals surface area (Å²) in [7, 11) is 1.97. The minimum Gasteiger partial charge on any atom is -0.319 e. The largest absolute Gasteiger partial charge is 0.319 e. The normalized spacial score (nSPS) is 24.6. The Labute approximate surface area is 123 Å². The van der Waals surface area contributed by atoms with Gasteiger partial charge in [0.2, 0.25) is 0 Å². The van der Waals surface area contributed by atoms with Crippen LogP contribution in [0.15, 0.2) is 22.7 Å². The number of nitrogens with one attached hydrogen (secondary N) is 1. The molecule has 1 heterocycles. The van der Waals surface area contributed by atoms with Gasteiger partial charge < -0.3 is 5.32 Å². The van der Waals surface area contributed by atoms with Gasteiger partial charge in [-0.05, 0) is 57.6 Å². The Kier molecular flexibility index (Phi) is 5.37. The van der Waals surface area contributed by atoms with E-state index in [1.165, 1.54) is 6.42 Å². The van der Waals surface area contributed by atoms with E-state index in [-0.39, 0.29) is 11.9 Å². The summed E-state index contributed by atoms with van der Waals surface area (Å²) in [6.45, 7) is 5.14. The Hall–Kier alpha value is -0.450. The van der Waals surface area contributed by atoms with Crippen LogP contribution in [0.25, 0.3) is 0 Å². The smallest absolute Gasteiger partial charge is 0.129 e. The van der Waals surface area contributed by atoms with Crippen LogP contribution in [-0.4, -0.2) is 31.6 Å². The molecule has 2 rings (SSSR count). The van der Waals surface area contributed by atoms with E-state index in [0.717, 1.165) is 36.1 Å². The predicted octanol–water partition coefficient (Wildman–Crippen LogP) is 3.58. The summed E-state index contributed by atoms with van der Waals surface area (Å²) in [5.74, 6) is 0.384. The molecule has 19 heavy (non-hydrogen) atoms. The van der Waals surface area contributed by atoms with Gasteiger partial charge in [0.1, 0.15) is 5.82 Å². The quantitative estimate of drug-likeness (QED) is 0.908. The van der Waals surface area contributed by atoms with Gasteiger partial charge in [-0.25, -0.2) is 4.39 Å². The van der Waals surface area contributed by atoms with E-state index < -0.39 is 0 Å². The van der Waals surface area contributed by atoms with Crippen LogP contribution >= 0.6 is 15.9 Å². The molecule has 4 heteroatoms. The molecule has 0 aliphatic carbocycles. The van der Waals surface area contributed by atoms with Gasteiger partial charge in [0.25, 0.3) is 0 Å². The van der Waals surface area contributed by atoms with Crippen molar-refractivity contribution in [3.05, 3.63) is 34.1 Å². The van der Waals surface area contributed by atoms with Crippen LogP contribution in [0.5, 0.6) is 0 Å². The average Bonchev–Trinajstić information content (AvgIpc) is 2.39. The van der Waals surface area contributed by atoms with Crippen molar-refractivity contribution < 1.29 is 4.39 Å². The molecular formula is C15H22BrFN2. The van der Waals surface area contributed by atoms with Gasteiger partial charge in [-0.15, -0.1) is 0 Å². The van der Waals surface area contributed by atoms with Crippen molar-refractivity contribution in [1.82, 2.24) is 10.2 Å². The summed E-state index contributed by atoms with van der Waals surface area (Å²) >= 11 is 3.33. The minimum atomic E-state index is -0.0965. The van der Waals surface area contributed by atoms with Gasteiger partial charge in [-0.3, -0.25) is 4.90 Å². The zero-order valence-corrected chi connectivity index (χ0v) is 13.2. The summed E-state index contributed by atoms with van der Waals surface area (Å²) in [5.41, 5.74) is 0.838. The maximum atomic E-state index is 14.3. The molecule has 1 fully saturated rings. The molecule has 1 aliphatic heterocycles. The van der Waals surface area contributed by atoms with E-state index in [9.17, 15) is 4.39 Å². The highest BCUT2D eigenvalue weighted by molar-refractivity contribution is 9.10. The van der Waals surface area contributed by atoms with Crippen molar-refractivity contribution >= 4 is 15.9 Å². The monoisotopic (exact) mass is 328 g/mol. The lowest BCUT2D eigenvalue weighted by molar-refractivity contribution is 0.0954. The zero-order chi connectivity index (χ0) is 13.8. The molecule has 2 atom stereocenters. The SMILES string of the molecule is CCN1CCCC(CNC)C1c1ccc(Br)cc1F. The van der Waals surface area contributed by atoms with E-state index in [1.807, 2.05) is 19.2 Å². The van der Waals surface area contributed by atoms with E-state index in [2.05, 4.69) is 33.1 Å². The van der Waals surface area contributed by atoms with Crippen molar-refractivity contribution in [2.24, 2.45) is 5.92 Å². The first-order valence-electron chi connectivity index (χ1n) is 7.01. The molecule has 1 aromatic carbocycles. The van der Waals surface area contributed by atoms with Crippen LogP contribution < -0.4 is 5.32 Å². The van der Waals surface area contributed by atoms with Crippen LogP contribution in [0, 0.1) is 11.7 Å². The summed E-state index contributed by atoms with van der Waals surface area (Å²) < 4.78 is 15.1. The maximum absolute atomic E-state index is 14.3. The Morgan fingerprint density at radius 2 is 2.26 bits per heavy atom. The topological polar surface area (TPSA) is 15.3 Å². The molecule has 0 amide bonds. The number of hydrogen-bond acceptors (Lipinski definition) is 2. The fourth-order valence-corrected chi connectivity index (χ4v) is 3.51. The number of rotatable bonds is 4. The van der Waals surface area contributed by atoms with Crippen molar-refractivity contribution in [3.63, 3.8) is 0 Å². The molecule has 1 aromatic rings. The molecular weight excluding hydrogens is 307 g/mol. The fraction of sp³-hybridized carbons (Fsp3) is 0.600. The number of piperidine rings is 1. The first-order valence-corrected chi connectivity index (χ1v) is 7.80. The summed E-state index contributed by atoms with van der Waals surface area (Å²) in [6, 6.07) is 5.64. The van der Waals surface area contributed by atoms with E-state index >= 15 is 0 Å². The van der Waals surface area contributed by atoms with Gasteiger partial charge >= 0.3 is 0 Å². The average molecular weight is 329 g/mol. The molecule has 106 valence electrons. The predicted molar refractivity (Wildman–Crippen MR) is 80.7 cm³/mol. The summed E-state index contributed by atoms with van der Waals surface area (Å²) in [4.78, 5) is 2.40. The van der Waals surface area contributed by atoms with Crippen molar-refractivity contribution in [1.29, 1.82) is 0 Å². The van der Waals surface area contributed by atoms with E-state index in [0.29, 0.717) is 5.92 Å². The molecule has 2 nitrogen and oxygen atoms in total. The maximum Gasteiger partial charge on any atom is 0.129 e. The molecule has 1 N–H and O–H groups in total. The number of benzene rings is 1. The standard InChI is InChI=1S/C15H22BrFN2/c1-3-19-8-4-5-11(10-18-2)15(19)13-7-6-12(16)9-14(13)17/h6-7,9,11,15,18H,3-5,8,10H2,1-2H3. The summed E-state index contributed by atoms with van der Waals surface area (Å²) in [5, 5.41) is 3.25. The Morgan fingerprint density at radius 3 is 2.89 bits per heavy atom. The highest BCUT2D eigenvalue weighted by Gasteiger charge is 2.32. The Bertz CT molecular complexity index is 423. The lowest BCUT2D eigenvalue weighted by atomic mass is 9.84. The van der Waals surface area contributed by atoms with Crippen molar-refractivity contribution in [2.45, 2.75) is 25.8 Å². The van der Waals surface area contributed by atoms with Crippen LogP contribution in [-0.2, 0) is 0 Å². The lowest BCUT2D eigenvalue weighted by Crippen LogP contribution is -2.42. The number of halogens is 2. The van der Waals surface area contributed by atoms with Gasteiger partial charge in [0, 0.05) is 16.1 Å². The molecule has 2 unspecified atom stereocenters. The first-order chi connectivity index (χ1) is 9.17. The Morgan fingerprint density at radius 1 is 1.47 bits per heavy atom. The third kappa shape index (κ3) is 3.36. The van der Waals surface area contributed by atoms with E-state index in [4.69, 9.17) is 0 Å². The van der Waals surface area contributed by atoms with Gasteiger partial charge in [-0.2, -0.15) is 0 Å². The van der Waals surface area contributed by atoms with Gasteiger partial charge in [0.15, 0.2) is 0 Å². The second kappa shape index (κ2) is 6.82. The number of likely N-dealkylation sites (tertiary alicyclic amines) is 1. The minimum absolute atomic E-state index is 0.0965.